The molecule has 3 rings (SSSR count). The first kappa shape index (κ1) is 23.4. The van der Waals surface area contributed by atoms with E-state index in [1.54, 1.807) is 20.8 Å². The SMILES string of the molecule is CC(C)(C)OC(=O)[C@H]1CC[C@H]2C[C@@H](CN=[N+]=[N-])[C@@H](NC(=O)OCc3ccccc3)C(=O)N21. The topological polar surface area (TPSA) is 134 Å². The molecule has 0 unspecified atom stereocenters. The number of carbonyl (C=O) groups is 3. The Morgan fingerprint density at radius 3 is 2.62 bits per heavy atom. The molecule has 0 radical (unpaired) electrons. The van der Waals surface area contributed by atoms with Gasteiger partial charge in [-0.3, -0.25) is 4.79 Å². The third kappa shape index (κ3) is 5.70. The van der Waals surface area contributed by atoms with Crippen LogP contribution in [0.2, 0.25) is 0 Å². The summed E-state index contributed by atoms with van der Waals surface area (Å²) in [5.74, 6) is -1.22. The monoisotopic (exact) mass is 443 g/mol. The Morgan fingerprint density at radius 2 is 1.97 bits per heavy atom. The Balaban J connectivity index is 1.72. The minimum Gasteiger partial charge on any atom is -0.458 e. The number of nitrogens with zero attached hydrogens (tertiary/aromatic N) is 4. The van der Waals surface area contributed by atoms with Gasteiger partial charge in [-0.1, -0.05) is 35.4 Å². The van der Waals surface area contributed by atoms with Crippen molar-refractivity contribution in [3.05, 3.63) is 46.3 Å². The molecular formula is C22H29N5O5. The van der Waals surface area contributed by atoms with Crippen LogP contribution >= 0.6 is 0 Å². The molecule has 1 aromatic carbocycles. The Bertz CT molecular complexity index is 894. The average molecular weight is 444 g/mol. The van der Waals surface area contributed by atoms with Crippen LogP contribution in [-0.2, 0) is 25.7 Å². The zero-order chi connectivity index (χ0) is 23.3. The van der Waals surface area contributed by atoms with Crippen molar-refractivity contribution in [2.24, 2.45) is 11.0 Å². The fourth-order valence-electron chi connectivity index (χ4n) is 4.29. The fourth-order valence-corrected chi connectivity index (χ4v) is 4.29. The minimum atomic E-state index is -0.955. The van der Waals surface area contributed by atoms with Crippen molar-refractivity contribution in [3.63, 3.8) is 0 Å². The second kappa shape index (κ2) is 9.91. The maximum absolute atomic E-state index is 13.4. The number of piperidine rings is 1. The largest absolute Gasteiger partial charge is 0.458 e. The number of amides is 2. The van der Waals surface area contributed by atoms with Gasteiger partial charge in [-0.2, -0.15) is 0 Å². The van der Waals surface area contributed by atoms with E-state index in [1.165, 1.54) is 4.90 Å². The molecule has 2 fully saturated rings. The molecule has 0 saturated carbocycles. The van der Waals surface area contributed by atoms with Crippen LogP contribution in [0.1, 0.15) is 45.6 Å². The highest BCUT2D eigenvalue weighted by atomic mass is 16.6. The smallest absolute Gasteiger partial charge is 0.408 e. The van der Waals surface area contributed by atoms with Crippen LogP contribution in [-0.4, -0.2) is 53.1 Å². The summed E-state index contributed by atoms with van der Waals surface area (Å²) >= 11 is 0. The highest BCUT2D eigenvalue weighted by Gasteiger charge is 2.50. The van der Waals surface area contributed by atoms with Crippen molar-refractivity contribution in [1.29, 1.82) is 0 Å². The number of hydrogen-bond acceptors (Lipinski definition) is 6. The van der Waals surface area contributed by atoms with Crippen molar-refractivity contribution < 1.29 is 23.9 Å². The van der Waals surface area contributed by atoms with E-state index < -0.39 is 29.7 Å². The number of ether oxygens (including phenoxy) is 2. The predicted molar refractivity (Wildman–Crippen MR) is 115 cm³/mol. The van der Waals surface area contributed by atoms with E-state index in [4.69, 9.17) is 15.0 Å². The lowest BCUT2D eigenvalue weighted by Crippen LogP contribution is -2.62. The summed E-state index contributed by atoms with van der Waals surface area (Å²) in [7, 11) is 0. The molecule has 4 atom stereocenters. The maximum Gasteiger partial charge on any atom is 0.408 e. The summed E-state index contributed by atoms with van der Waals surface area (Å²) in [6.45, 7) is 5.45. The molecule has 172 valence electrons. The van der Waals surface area contributed by atoms with E-state index in [9.17, 15) is 14.4 Å². The number of esters is 1. The van der Waals surface area contributed by atoms with Gasteiger partial charge in [0.1, 0.15) is 24.3 Å². The van der Waals surface area contributed by atoms with Gasteiger partial charge in [-0.15, -0.1) is 0 Å². The molecular weight excluding hydrogens is 414 g/mol. The first-order valence-corrected chi connectivity index (χ1v) is 10.7. The Morgan fingerprint density at radius 1 is 1.25 bits per heavy atom. The number of benzene rings is 1. The first-order chi connectivity index (χ1) is 15.2. The normalized spacial score (nSPS) is 24.8. The van der Waals surface area contributed by atoms with Crippen LogP contribution in [0.3, 0.4) is 0 Å². The molecule has 2 heterocycles. The number of fused-ring (bicyclic) bond motifs is 1. The van der Waals surface area contributed by atoms with Crippen molar-refractivity contribution in [2.45, 2.75) is 70.4 Å². The average Bonchev–Trinajstić information content (AvgIpc) is 3.17. The lowest BCUT2D eigenvalue weighted by atomic mass is 9.86. The Labute approximate surface area is 186 Å². The molecule has 1 aromatic rings. The second-order valence-corrected chi connectivity index (χ2v) is 9.12. The molecule has 2 aliphatic rings. The van der Waals surface area contributed by atoms with Crippen LogP contribution in [0.5, 0.6) is 0 Å². The molecule has 32 heavy (non-hydrogen) atoms. The molecule has 10 heteroatoms. The molecule has 0 bridgehead atoms. The zero-order valence-corrected chi connectivity index (χ0v) is 18.6. The van der Waals surface area contributed by atoms with Gasteiger partial charge in [0.25, 0.3) is 0 Å². The van der Waals surface area contributed by atoms with E-state index >= 15 is 0 Å². The number of hydrogen-bond donors (Lipinski definition) is 1. The third-order valence-corrected chi connectivity index (χ3v) is 5.61. The van der Waals surface area contributed by atoms with E-state index in [2.05, 4.69) is 15.3 Å². The summed E-state index contributed by atoms with van der Waals surface area (Å²) in [5.41, 5.74) is 8.88. The molecule has 0 aliphatic carbocycles. The van der Waals surface area contributed by atoms with Crippen LogP contribution in [0.4, 0.5) is 4.79 Å². The highest BCUT2D eigenvalue weighted by molar-refractivity contribution is 5.91. The Hall–Kier alpha value is -3.26. The lowest BCUT2D eigenvalue weighted by Gasteiger charge is -2.41. The van der Waals surface area contributed by atoms with Crippen LogP contribution in [0.25, 0.3) is 10.4 Å². The van der Waals surface area contributed by atoms with Gasteiger partial charge < -0.3 is 19.7 Å². The summed E-state index contributed by atoms with van der Waals surface area (Å²) in [5, 5.41) is 6.25. The van der Waals surface area contributed by atoms with Gasteiger partial charge >= 0.3 is 12.1 Å². The number of rotatable bonds is 6. The van der Waals surface area contributed by atoms with Crippen LogP contribution in [0.15, 0.2) is 35.4 Å². The zero-order valence-electron chi connectivity index (χ0n) is 18.6. The van der Waals surface area contributed by atoms with Gasteiger partial charge in [-0.25, -0.2) is 9.59 Å². The van der Waals surface area contributed by atoms with Gasteiger partial charge in [0.05, 0.1) is 0 Å². The summed E-state index contributed by atoms with van der Waals surface area (Å²) in [6, 6.07) is 7.35. The van der Waals surface area contributed by atoms with E-state index in [0.717, 1.165) is 5.56 Å². The molecule has 0 aromatic heterocycles. The predicted octanol–water partition coefficient (Wildman–Crippen LogP) is 3.31. The highest BCUT2D eigenvalue weighted by Crippen LogP contribution is 2.36. The number of alkyl carbamates (subject to hydrolysis) is 1. The van der Waals surface area contributed by atoms with E-state index in [0.29, 0.717) is 19.3 Å². The lowest BCUT2D eigenvalue weighted by molar-refractivity contribution is -0.166. The number of azide groups is 1. The van der Waals surface area contributed by atoms with Gasteiger partial charge in [0.15, 0.2) is 0 Å². The van der Waals surface area contributed by atoms with E-state index in [-0.39, 0.29) is 31.0 Å². The first-order valence-electron chi connectivity index (χ1n) is 10.7. The van der Waals surface area contributed by atoms with Gasteiger partial charge in [-0.05, 0) is 57.0 Å². The van der Waals surface area contributed by atoms with Crippen molar-refractivity contribution in [2.75, 3.05) is 6.54 Å². The standard InChI is InChI=1S/C22H29N5O5/c1-22(2,3)32-20(29)17-10-9-16-11-15(12-24-26-23)18(19(28)27(16)17)25-21(30)31-13-14-7-5-4-6-8-14/h4-8,15-18H,9-13H2,1-3H3,(H,25,30)/t15-,16-,17+,18+/m0/s1. The molecule has 10 nitrogen and oxygen atoms in total. The van der Waals surface area contributed by atoms with Crippen molar-refractivity contribution in [1.82, 2.24) is 10.2 Å². The van der Waals surface area contributed by atoms with Gasteiger partial charge in [0, 0.05) is 17.5 Å². The van der Waals surface area contributed by atoms with Crippen molar-refractivity contribution >= 4 is 18.0 Å². The number of carbonyl (C=O) groups excluding carboxylic acids is 3. The minimum absolute atomic E-state index is 0.0570. The van der Waals surface area contributed by atoms with E-state index in [1.807, 2.05) is 30.3 Å². The fraction of sp³-hybridized carbons (Fsp3) is 0.591. The summed E-state index contributed by atoms with van der Waals surface area (Å²) in [6.07, 6.45) is 0.899. The third-order valence-electron chi connectivity index (χ3n) is 5.61. The molecule has 0 spiro atoms. The molecule has 2 saturated heterocycles. The quantitative estimate of drug-likeness (QED) is 0.312. The molecule has 2 aliphatic heterocycles. The molecule has 1 N–H and O–H groups in total. The van der Waals surface area contributed by atoms with Crippen LogP contribution in [0, 0.1) is 5.92 Å². The maximum atomic E-state index is 13.4. The van der Waals surface area contributed by atoms with Crippen LogP contribution < -0.4 is 5.32 Å². The summed E-state index contributed by atoms with van der Waals surface area (Å²) in [4.78, 5) is 42.9. The molecule has 2 amide bonds. The Kier molecular flexibility index (Phi) is 7.25. The van der Waals surface area contributed by atoms with Gasteiger partial charge in [0.2, 0.25) is 5.91 Å². The summed E-state index contributed by atoms with van der Waals surface area (Å²) < 4.78 is 10.8. The number of nitrogens with one attached hydrogen (secondary N) is 1. The van der Waals surface area contributed by atoms with Crippen molar-refractivity contribution in [3.8, 4) is 0 Å². The second-order valence-electron chi connectivity index (χ2n) is 9.12.